The number of hydrogen-bond acceptors (Lipinski definition) is 3. The van der Waals surface area contributed by atoms with Crippen LogP contribution in [-0.2, 0) is 4.74 Å². The van der Waals surface area contributed by atoms with E-state index in [-0.39, 0.29) is 0 Å². The SMILES string of the molecule is COC1CCC(N(C)C2CCCNCC2)CC1. The Hall–Kier alpha value is -0.120. The van der Waals surface area contributed by atoms with E-state index >= 15 is 0 Å². The first-order chi connectivity index (χ1) is 8.31. The quantitative estimate of drug-likeness (QED) is 0.817. The number of ether oxygens (including phenoxy) is 1. The molecule has 2 aliphatic rings. The molecule has 3 heteroatoms. The molecule has 2 fully saturated rings. The summed E-state index contributed by atoms with van der Waals surface area (Å²) in [5.41, 5.74) is 0. The summed E-state index contributed by atoms with van der Waals surface area (Å²) in [6, 6.07) is 1.60. The van der Waals surface area contributed by atoms with Crippen molar-refractivity contribution in [1.29, 1.82) is 0 Å². The second-order valence-corrected chi connectivity index (χ2v) is 5.67. The first-order valence-corrected chi connectivity index (χ1v) is 7.26. The molecule has 0 aromatic heterocycles. The summed E-state index contributed by atoms with van der Waals surface area (Å²) in [4.78, 5) is 2.67. The molecule has 0 bridgehead atoms. The summed E-state index contributed by atoms with van der Waals surface area (Å²) < 4.78 is 5.46. The highest BCUT2D eigenvalue weighted by Gasteiger charge is 2.27. The standard InChI is InChI=1S/C14H28N2O/c1-16(12-4-3-10-15-11-9-12)13-5-7-14(17-2)8-6-13/h12-15H,3-11H2,1-2H3. The number of rotatable bonds is 3. The molecule has 1 heterocycles. The fraction of sp³-hybridized carbons (Fsp3) is 1.00. The van der Waals surface area contributed by atoms with Gasteiger partial charge in [0.15, 0.2) is 0 Å². The first-order valence-electron chi connectivity index (χ1n) is 7.26. The van der Waals surface area contributed by atoms with Gasteiger partial charge in [-0.3, -0.25) is 0 Å². The largest absolute Gasteiger partial charge is 0.381 e. The van der Waals surface area contributed by atoms with Gasteiger partial charge in [-0.15, -0.1) is 0 Å². The van der Waals surface area contributed by atoms with Crippen molar-refractivity contribution in [3.63, 3.8) is 0 Å². The lowest BCUT2D eigenvalue weighted by molar-refractivity contribution is 0.0331. The molecule has 1 saturated carbocycles. The van der Waals surface area contributed by atoms with Gasteiger partial charge in [0.1, 0.15) is 0 Å². The highest BCUT2D eigenvalue weighted by Crippen LogP contribution is 2.27. The molecule has 17 heavy (non-hydrogen) atoms. The van der Waals surface area contributed by atoms with Crippen molar-refractivity contribution in [2.24, 2.45) is 0 Å². The molecule has 1 unspecified atom stereocenters. The maximum atomic E-state index is 5.46. The average Bonchev–Trinajstić information content (AvgIpc) is 2.67. The summed E-state index contributed by atoms with van der Waals surface area (Å²) >= 11 is 0. The van der Waals surface area contributed by atoms with Crippen LogP contribution < -0.4 is 5.32 Å². The van der Waals surface area contributed by atoms with Crippen LogP contribution in [0.2, 0.25) is 0 Å². The summed E-state index contributed by atoms with van der Waals surface area (Å²) in [7, 11) is 4.19. The van der Waals surface area contributed by atoms with E-state index in [4.69, 9.17) is 4.74 Å². The maximum absolute atomic E-state index is 5.46. The predicted molar refractivity (Wildman–Crippen MR) is 71.3 cm³/mol. The summed E-state index contributed by atoms with van der Waals surface area (Å²) in [6.07, 6.45) is 9.68. The second-order valence-electron chi connectivity index (χ2n) is 5.67. The Morgan fingerprint density at radius 1 is 0.941 bits per heavy atom. The van der Waals surface area contributed by atoms with Crippen molar-refractivity contribution in [3.05, 3.63) is 0 Å². The maximum Gasteiger partial charge on any atom is 0.0572 e. The van der Waals surface area contributed by atoms with Gasteiger partial charge in [-0.2, -0.15) is 0 Å². The zero-order valence-corrected chi connectivity index (χ0v) is 11.5. The highest BCUT2D eigenvalue weighted by molar-refractivity contribution is 4.83. The van der Waals surface area contributed by atoms with Crippen molar-refractivity contribution >= 4 is 0 Å². The lowest BCUT2D eigenvalue weighted by atomic mass is 9.90. The van der Waals surface area contributed by atoms with E-state index in [9.17, 15) is 0 Å². The van der Waals surface area contributed by atoms with E-state index in [1.54, 1.807) is 0 Å². The minimum atomic E-state index is 0.524. The molecule has 3 nitrogen and oxygen atoms in total. The second kappa shape index (κ2) is 6.72. The molecule has 1 aliphatic heterocycles. The molecule has 1 atom stereocenters. The molecule has 0 amide bonds. The minimum Gasteiger partial charge on any atom is -0.381 e. The van der Waals surface area contributed by atoms with E-state index in [2.05, 4.69) is 17.3 Å². The Morgan fingerprint density at radius 2 is 1.65 bits per heavy atom. The van der Waals surface area contributed by atoms with Gasteiger partial charge in [-0.05, 0) is 65.1 Å². The summed E-state index contributed by atoms with van der Waals surface area (Å²) in [6.45, 7) is 2.41. The molecule has 100 valence electrons. The van der Waals surface area contributed by atoms with Gasteiger partial charge < -0.3 is 15.0 Å². The Labute approximate surface area is 106 Å². The number of hydrogen-bond donors (Lipinski definition) is 1. The zero-order chi connectivity index (χ0) is 12.1. The van der Waals surface area contributed by atoms with Crippen LogP contribution >= 0.6 is 0 Å². The van der Waals surface area contributed by atoms with Crippen LogP contribution in [0.25, 0.3) is 0 Å². The lowest BCUT2D eigenvalue weighted by Gasteiger charge is -2.38. The van der Waals surface area contributed by atoms with Crippen LogP contribution in [0.3, 0.4) is 0 Å². The van der Waals surface area contributed by atoms with Crippen LogP contribution in [0.1, 0.15) is 44.9 Å². The molecule has 1 aliphatic carbocycles. The van der Waals surface area contributed by atoms with Gasteiger partial charge in [-0.25, -0.2) is 0 Å². The van der Waals surface area contributed by atoms with E-state index in [1.807, 2.05) is 7.11 Å². The van der Waals surface area contributed by atoms with Crippen LogP contribution in [0.5, 0.6) is 0 Å². The molecule has 0 radical (unpaired) electrons. The van der Waals surface area contributed by atoms with E-state index in [0.29, 0.717) is 6.10 Å². The van der Waals surface area contributed by atoms with Crippen molar-refractivity contribution in [1.82, 2.24) is 10.2 Å². The van der Waals surface area contributed by atoms with Gasteiger partial charge in [0.2, 0.25) is 0 Å². The molecule has 0 aromatic carbocycles. The van der Waals surface area contributed by atoms with E-state index in [0.717, 1.165) is 12.1 Å². The van der Waals surface area contributed by atoms with Gasteiger partial charge in [-0.1, -0.05) is 0 Å². The monoisotopic (exact) mass is 240 g/mol. The smallest absolute Gasteiger partial charge is 0.0572 e. The molecule has 2 rings (SSSR count). The highest BCUT2D eigenvalue weighted by atomic mass is 16.5. The lowest BCUT2D eigenvalue weighted by Crippen LogP contribution is -2.43. The Morgan fingerprint density at radius 3 is 2.35 bits per heavy atom. The Kier molecular flexibility index (Phi) is 5.26. The predicted octanol–water partition coefficient (Wildman–Crippen LogP) is 2.02. The topological polar surface area (TPSA) is 24.5 Å². The third kappa shape index (κ3) is 3.67. The van der Waals surface area contributed by atoms with Crippen LogP contribution in [-0.4, -0.2) is 50.3 Å². The number of methoxy groups -OCH3 is 1. The zero-order valence-electron chi connectivity index (χ0n) is 11.5. The Balaban J connectivity index is 1.80. The third-order valence-electron chi connectivity index (χ3n) is 4.67. The summed E-state index contributed by atoms with van der Waals surface area (Å²) in [5.74, 6) is 0. The van der Waals surface area contributed by atoms with Gasteiger partial charge in [0, 0.05) is 19.2 Å². The fourth-order valence-electron chi connectivity index (χ4n) is 3.39. The Bertz CT molecular complexity index is 206. The molecule has 1 saturated heterocycles. The molecular weight excluding hydrogens is 212 g/mol. The number of nitrogens with one attached hydrogen (secondary N) is 1. The minimum absolute atomic E-state index is 0.524. The van der Waals surface area contributed by atoms with E-state index in [1.165, 1.54) is 58.0 Å². The van der Waals surface area contributed by atoms with Gasteiger partial charge in [0.25, 0.3) is 0 Å². The molecular formula is C14H28N2O. The van der Waals surface area contributed by atoms with Crippen molar-refractivity contribution < 1.29 is 4.74 Å². The van der Waals surface area contributed by atoms with Crippen molar-refractivity contribution in [2.45, 2.75) is 63.1 Å². The normalized spacial score (nSPS) is 35.8. The van der Waals surface area contributed by atoms with Crippen molar-refractivity contribution in [2.75, 3.05) is 27.2 Å². The van der Waals surface area contributed by atoms with E-state index < -0.39 is 0 Å². The van der Waals surface area contributed by atoms with Crippen LogP contribution in [0.4, 0.5) is 0 Å². The molecule has 0 aromatic rings. The molecule has 0 spiro atoms. The van der Waals surface area contributed by atoms with Gasteiger partial charge in [0.05, 0.1) is 6.10 Å². The molecule has 1 N–H and O–H groups in total. The summed E-state index contributed by atoms with van der Waals surface area (Å²) in [5, 5.41) is 3.50. The van der Waals surface area contributed by atoms with Gasteiger partial charge >= 0.3 is 0 Å². The first kappa shape index (κ1) is 13.3. The fourth-order valence-corrected chi connectivity index (χ4v) is 3.39. The average molecular weight is 240 g/mol. The van der Waals surface area contributed by atoms with Crippen molar-refractivity contribution in [3.8, 4) is 0 Å². The third-order valence-corrected chi connectivity index (χ3v) is 4.67. The van der Waals surface area contributed by atoms with Crippen LogP contribution in [0, 0.1) is 0 Å². The van der Waals surface area contributed by atoms with Crippen LogP contribution in [0.15, 0.2) is 0 Å². The number of nitrogens with zero attached hydrogens (tertiary/aromatic N) is 1.